The minimum absolute atomic E-state index is 0.0125. The summed E-state index contributed by atoms with van der Waals surface area (Å²) in [6, 6.07) is 15.9. The molecule has 0 radical (unpaired) electrons. The first-order valence-electron chi connectivity index (χ1n) is 10.1. The van der Waals surface area contributed by atoms with Crippen molar-refractivity contribution < 1.29 is 5.11 Å². The van der Waals surface area contributed by atoms with Crippen molar-refractivity contribution in [2.75, 3.05) is 0 Å². The van der Waals surface area contributed by atoms with Crippen molar-refractivity contribution in [1.29, 1.82) is 0 Å². The van der Waals surface area contributed by atoms with Crippen LogP contribution in [0.2, 0.25) is 18.1 Å². The number of rotatable bonds is 6. The number of benzene rings is 1. The van der Waals surface area contributed by atoms with Gasteiger partial charge in [0.2, 0.25) is 0 Å². The first-order chi connectivity index (χ1) is 11.7. The number of aliphatic hydroxyl groups excluding tert-OH is 1. The Morgan fingerprint density at radius 3 is 2.21 bits per heavy atom. The molecule has 24 heavy (non-hydrogen) atoms. The van der Waals surface area contributed by atoms with Crippen LogP contribution in [-0.2, 0) is 0 Å². The average Bonchev–Trinajstić information content (AvgIpc) is 2.64. The van der Waals surface area contributed by atoms with Crippen molar-refractivity contribution in [2.24, 2.45) is 11.8 Å². The molecule has 0 aromatic heterocycles. The van der Waals surface area contributed by atoms with E-state index in [2.05, 4.69) is 43.0 Å². The van der Waals surface area contributed by atoms with E-state index >= 15 is 0 Å². The zero-order chi connectivity index (χ0) is 16.8. The molecule has 1 aromatic rings. The number of hydrogen-bond acceptors (Lipinski definition) is 1. The monoisotopic (exact) mass is 342 g/mol. The van der Waals surface area contributed by atoms with Gasteiger partial charge in [0.1, 0.15) is 0 Å². The van der Waals surface area contributed by atoms with Gasteiger partial charge in [0.05, 0.1) is 14.2 Å². The topological polar surface area (TPSA) is 20.2 Å². The van der Waals surface area contributed by atoms with Crippen molar-refractivity contribution in [2.45, 2.75) is 75.6 Å². The van der Waals surface area contributed by atoms with Gasteiger partial charge in [-0.3, -0.25) is 0 Å². The van der Waals surface area contributed by atoms with Crippen LogP contribution in [0.4, 0.5) is 0 Å². The Labute approximate surface area is 149 Å². The Bertz CT molecular complexity index is 496. The summed E-state index contributed by atoms with van der Waals surface area (Å²) in [6.45, 7) is 3.91. The molecule has 0 atom stereocenters. The highest BCUT2D eigenvalue weighted by atomic mass is 28.3. The molecular formula is C22H34OSi. The van der Waals surface area contributed by atoms with Crippen LogP contribution in [0.5, 0.6) is 0 Å². The molecule has 0 amide bonds. The summed E-state index contributed by atoms with van der Waals surface area (Å²) < 4.78 is 0. The lowest BCUT2D eigenvalue weighted by molar-refractivity contribution is 0.0880. The van der Waals surface area contributed by atoms with Gasteiger partial charge >= 0.3 is 0 Å². The molecule has 2 aliphatic rings. The fourth-order valence-electron chi connectivity index (χ4n) is 5.30. The van der Waals surface area contributed by atoms with Crippen molar-refractivity contribution in [3.05, 3.63) is 43.0 Å². The molecule has 0 unspecified atom stereocenters. The van der Waals surface area contributed by atoms with Gasteiger partial charge in [-0.1, -0.05) is 79.0 Å². The standard InChI is InChI=1S/C22H34OSi/c1-2-3-7-16-24(22-8-5-4-6-9-22)17-14-20(15-18-24)19-10-12-21(23)13-11-19/h2,4-6,8-9,19-21,23H,1,3,7,10-18H2. The zero-order valence-corrected chi connectivity index (χ0v) is 16.1. The Balaban J connectivity index is 1.65. The molecule has 1 nitrogen and oxygen atoms in total. The molecular weight excluding hydrogens is 308 g/mol. The molecule has 1 aliphatic heterocycles. The summed E-state index contributed by atoms with van der Waals surface area (Å²) in [7, 11) is -1.31. The largest absolute Gasteiger partial charge is 0.393 e. The predicted octanol–water partition coefficient (Wildman–Crippen LogP) is 5.27. The number of unbranched alkanes of at least 4 members (excludes halogenated alkanes) is 1. The lowest BCUT2D eigenvalue weighted by Crippen LogP contribution is -2.50. The van der Waals surface area contributed by atoms with Crippen LogP contribution >= 0.6 is 0 Å². The second-order valence-electron chi connectivity index (χ2n) is 8.23. The first kappa shape index (κ1) is 17.9. The highest BCUT2D eigenvalue weighted by Crippen LogP contribution is 2.43. The Morgan fingerprint density at radius 2 is 1.58 bits per heavy atom. The van der Waals surface area contributed by atoms with Gasteiger partial charge in [0.25, 0.3) is 0 Å². The molecule has 1 saturated carbocycles. The van der Waals surface area contributed by atoms with Crippen LogP contribution in [-0.4, -0.2) is 19.3 Å². The van der Waals surface area contributed by atoms with Crippen molar-refractivity contribution >= 4 is 13.3 Å². The van der Waals surface area contributed by atoms with Crippen LogP contribution in [0.1, 0.15) is 51.4 Å². The molecule has 2 fully saturated rings. The van der Waals surface area contributed by atoms with Crippen LogP contribution in [0.25, 0.3) is 0 Å². The van der Waals surface area contributed by atoms with E-state index in [4.69, 9.17) is 0 Å². The second-order valence-corrected chi connectivity index (χ2v) is 12.9. The first-order valence-corrected chi connectivity index (χ1v) is 12.7. The van der Waals surface area contributed by atoms with E-state index in [0.29, 0.717) is 0 Å². The van der Waals surface area contributed by atoms with Gasteiger partial charge in [-0.15, -0.1) is 6.58 Å². The van der Waals surface area contributed by atoms with Crippen LogP contribution in [0.15, 0.2) is 43.0 Å². The molecule has 0 spiro atoms. The van der Waals surface area contributed by atoms with Crippen LogP contribution in [0.3, 0.4) is 0 Å². The maximum absolute atomic E-state index is 9.78. The third-order valence-corrected chi connectivity index (χ3v) is 12.2. The number of aliphatic hydroxyl groups is 1. The van der Waals surface area contributed by atoms with Gasteiger partial charge in [0.15, 0.2) is 0 Å². The third kappa shape index (κ3) is 4.21. The summed E-state index contributed by atoms with van der Waals surface area (Å²) in [4.78, 5) is 0. The predicted molar refractivity (Wildman–Crippen MR) is 106 cm³/mol. The maximum atomic E-state index is 9.78. The molecule has 132 valence electrons. The van der Waals surface area contributed by atoms with Gasteiger partial charge in [-0.05, 0) is 43.9 Å². The number of allylic oxidation sites excluding steroid dienone is 1. The van der Waals surface area contributed by atoms with Crippen LogP contribution < -0.4 is 5.19 Å². The lowest BCUT2D eigenvalue weighted by atomic mass is 9.76. The summed E-state index contributed by atoms with van der Waals surface area (Å²) in [5.74, 6) is 1.82. The molecule has 1 saturated heterocycles. The molecule has 1 N–H and O–H groups in total. The highest BCUT2D eigenvalue weighted by molar-refractivity contribution is 6.92. The zero-order valence-electron chi connectivity index (χ0n) is 15.1. The lowest BCUT2D eigenvalue weighted by Gasteiger charge is -2.43. The smallest absolute Gasteiger partial charge is 0.0867 e. The van der Waals surface area contributed by atoms with Crippen LogP contribution in [0, 0.1) is 11.8 Å². The van der Waals surface area contributed by atoms with E-state index in [1.165, 1.54) is 56.7 Å². The Hall–Kier alpha value is -0.863. The third-order valence-electron chi connectivity index (χ3n) is 6.85. The summed E-state index contributed by atoms with van der Waals surface area (Å²) in [5, 5.41) is 11.5. The van der Waals surface area contributed by atoms with Gasteiger partial charge in [-0.25, -0.2) is 0 Å². The van der Waals surface area contributed by atoms with Gasteiger partial charge < -0.3 is 5.11 Å². The Morgan fingerprint density at radius 1 is 0.958 bits per heavy atom. The van der Waals surface area contributed by atoms with E-state index in [1.54, 1.807) is 5.19 Å². The van der Waals surface area contributed by atoms with E-state index < -0.39 is 8.07 Å². The molecule has 1 aromatic carbocycles. The van der Waals surface area contributed by atoms with E-state index in [9.17, 15) is 5.11 Å². The Kier molecular flexibility index (Phi) is 6.35. The van der Waals surface area contributed by atoms with E-state index in [0.717, 1.165) is 24.7 Å². The quantitative estimate of drug-likeness (QED) is 0.424. The second kappa shape index (κ2) is 8.49. The normalized spacial score (nSPS) is 34.0. The fraction of sp³-hybridized carbons (Fsp3) is 0.636. The SMILES string of the molecule is C=CCCC[Si]1(c2ccccc2)CCC(C2CCC(O)CC2)CC1. The minimum atomic E-state index is -1.31. The summed E-state index contributed by atoms with van der Waals surface area (Å²) >= 11 is 0. The number of hydrogen-bond donors (Lipinski definition) is 1. The highest BCUT2D eigenvalue weighted by Gasteiger charge is 2.40. The summed E-state index contributed by atoms with van der Waals surface area (Å²) in [5.41, 5.74) is 0. The van der Waals surface area contributed by atoms with Gasteiger partial charge in [-0.2, -0.15) is 0 Å². The van der Waals surface area contributed by atoms with Crippen molar-refractivity contribution in [3.63, 3.8) is 0 Å². The van der Waals surface area contributed by atoms with Gasteiger partial charge in [0, 0.05) is 0 Å². The molecule has 1 heterocycles. The average molecular weight is 343 g/mol. The minimum Gasteiger partial charge on any atom is -0.393 e. The van der Waals surface area contributed by atoms with Crippen molar-refractivity contribution in [1.82, 2.24) is 0 Å². The fourth-order valence-corrected chi connectivity index (χ4v) is 10.5. The maximum Gasteiger partial charge on any atom is 0.0867 e. The van der Waals surface area contributed by atoms with Crippen molar-refractivity contribution in [3.8, 4) is 0 Å². The van der Waals surface area contributed by atoms with E-state index in [-0.39, 0.29) is 6.10 Å². The van der Waals surface area contributed by atoms with E-state index in [1.807, 2.05) is 0 Å². The molecule has 3 rings (SSSR count). The molecule has 0 bridgehead atoms. The molecule has 1 aliphatic carbocycles. The summed E-state index contributed by atoms with van der Waals surface area (Å²) in [6.07, 6.45) is 12.1. The molecule has 2 heteroatoms.